The first-order chi connectivity index (χ1) is 12.1. The number of hydrogen-bond donors (Lipinski definition) is 2. The smallest absolute Gasteiger partial charge is 0.203 e. The van der Waals surface area contributed by atoms with E-state index in [2.05, 4.69) is 34.6 Å². The molecule has 128 valence electrons. The van der Waals surface area contributed by atoms with Crippen LogP contribution in [0.2, 0.25) is 5.02 Å². The average Bonchev–Trinajstić information content (AvgIpc) is 3.07. The van der Waals surface area contributed by atoms with Gasteiger partial charge in [0.15, 0.2) is 11.5 Å². The van der Waals surface area contributed by atoms with E-state index in [4.69, 9.17) is 16.3 Å². The van der Waals surface area contributed by atoms with Crippen molar-refractivity contribution in [3.8, 4) is 22.8 Å². The van der Waals surface area contributed by atoms with Gasteiger partial charge in [0.2, 0.25) is 5.13 Å². The van der Waals surface area contributed by atoms with Gasteiger partial charge in [-0.1, -0.05) is 41.4 Å². The van der Waals surface area contributed by atoms with Gasteiger partial charge in [-0.15, -0.1) is 11.3 Å². The number of phenolic OH excluding ortho intramolecular Hbond substituents is 1. The Labute approximate surface area is 154 Å². The number of nitrogens with zero attached hydrogens (tertiary/aromatic N) is 2. The molecule has 0 aliphatic rings. The van der Waals surface area contributed by atoms with E-state index in [0.717, 1.165) is 11.3 Å². The van der Waals surface area contributed by atoms with Crippen LogP contribution in [0.1, 0.15) is 11.1 Å². The van der Waals surface area contributed by atoms with Crippen LogP contribution in [0.5, 0.6) is 11.5 Å². The normalized spacial score (nSPS) is 11.0. The lowest BCUT2D eigenvalue weighted by Gasteiger charge is -2.05. The lowest BCUT2D eigenvalue weighted by atomic mass is 10.1. The van der Waals surface area contributed by atoms with Gasteiger partial charge in [0.25, 0.3) is 0 Å². The fourth-order valence-corrected chi connectivity index (χ4v) is 3.06. The standard InChI is InChI=1S/C18H16ClN3O2S/c1-11-3-5-13(6-4-11)15-10-25-18(21-15)22-20-9-12-7-14(19)17(23)16(8-12)24-2/h3-10,23H,1-2H3,(H,21,22)/b20-9-. The molecule has 0 amide bonds. The minimum absolute atomic E-state index is 0.0862. The maximum Gasteiger partial charge on any atom is 0.203 e. The zero-order valence-corrected chi connectivity index (χ0v) is 15.2. The molecule has 0 aliphatic heterocycles. The summed E-state index contributed by atoms with van der Waals surface area (Å²) in [5.41, 5.74) is 6.77. The van der Waals surface area contributed by atoms with Crippen molar-refractivity contribution < 1.29 is 9.84 Å². The number of ether oxygens (including phenoxy) is 1. The minimum atomic E-state index is -0.0862. The van der Waals surface area contributed by atoms with Gasteiger partial charge in [-0.3, -0.25) is 5.43 Å². The highest BCUT2D eigenvalue weighted by molar-refractivity contribution is 7.14. The number of aromatic nitrogens is 1. The van der Waals surface area contributed by atoms with Crippen LogP contribution < -0.4 is 10.2 Å². The van der Waals surface area contributed by atoms with E-state index in [-0.39, 0.29) is 10.8 Å². The number of methoxy groups -OCH3 is 1. The number of thiazole rings is 1. The molecule has 0 unspecified atom stereocenters. The molecule has 1 aromatic heterocycles. The summed E-state index contributed by atoms with van der Waals surface area (Å²) >= 11 is 7.42. The molecule has 3 aromatic rings. The average molecular weight is 374 g/mol. The topological polar surface area (TPSA) is 66.7 Å². The number of hydrazone groups is 1. The first-order valence-electron chi connectivity index (χ1n) is 7.45. The SMILES string of the molecule is COc1cc(/C=N\Nc2nc(-c3ccc(C)cc3)cs2)cc(Cl)c1O. The summed E-state index contributed by atoms with van der Waals surface area (Å²) in [6, 6.07) is 11.4. The monoisotopic (exact) mass is 373 g/mol. The van der Waals surface area contributed by atoms with Crippen molar-refractivity contribution in [3.05, 3.63) is 57.9 Å². The number of aryl methyl sites for hydroxylation is 1. The Hall–Kier alpha value is -2.57. The first kappa shape index (κ1) is 17.3. The van der Waals surface area contributed by atoms with Gasteiger partial charge in [-0.2, -0.15) is 5.10 Å². The van der Waals surface area contributed by atoms with Crippen molar-refractivity contribution in [3.63, 3.8) is 0 Å². The molecule has 0 aliphatic carbocycles. The van der Waals surface area contributed by atoms with E-state index < -0.39 is 0 Å². The Morgan fingerprint density at radius 3 is 2.76 bits per heavy atom. The Bertz CT molecular complexity index is 907. The molecule has 0 bridgehead atoms. The highest BCUT2D eigenvalue weighted by atomic mass is 35.5. The Kier molecular flexibility index (Phi) is 5.21. The molecule has 0 fully saturated rings. The Balaban J connectivity index is 1.71. The van der Waals surface area contributed by atoms with Gasteiger partial charge in [0.05, 0.1) is 24.0 Å². The maximum absolute atomic E-state index is 9.73. The van der Waals surface area contributed by atoms with E-state index in [1.807, 2.05) is 17.5 Å². The van der Waals surface area contributed by atoms with Gasteiger partial charge in [-0.25, -0.2) is 4.98 Å². The fourth-order valence-electron chi connectivity index (χ4n) is 2.17. The fraction of sp³-hybridized carbons (Fsp3) is 0.111. The van der Waals surface area contributed by atoms with Crippen molar-refractivity contribution in [2.75, 3.05) is 12.5 Å². The van der Waals surface area contributed by atoms with Gasteiger partial charge in [-0.05, 0) is 24.6 Å². The number of hydrogen-bond acceptors (Lipinski definition) is 6. The zero-order valence-electron chi connectivity index (χ0n) is 13.7. The Morgan fingerprint density at radius 1 is 1.28 bits per heavy atom. The lowest BCUT2D eigenvalue weighted by Crippen LogP contribution is -1.92. The zero-order chi connectivity index (χ0) is 17.8. The molecule has 7 heteroatoms. The van der Waals surface area contributed by atoms with Crippen LogP contribution in [0.15, 0.2) is 46.9 Å². The van der Waals surface area contributed by atoms with Gasteiger partial charge in [0, 0.05) is 10.9 Å². The third-order valence-electron chi connectivity index (χ3n) is 3.50. The van der Waals surface area contributed by atoms with Crippen LogP contribution in [0.25, 0.3) is 11.3 Å². The van der Waals surface area contributed by atoms with Crippen molar-refractivity contribution >= 4 is 34.3 Å². The molecule has 0 atom stereocenters. The van der Waals surface area contributed by atoms with E-state index in [1.165, 1.54) is 24.0 Å². The van der Waals surface area contributed by atoms with Crippen LogP contribution in [0.4, 0.5) is 5.13 Å². The van der Waals surface area contributed by atoms with Gasteiger partial charge < -0.3 is 9.84 Å². The number of aromatic hydroxyl groups is 1. The molecule has 0 spiro atoms. The lowest BCUT2D eigenvalue weighted by molar-refractivity contribution is 0.373. The van der Waals surface area contributed by atoms with Crippen molar-refractivity contribution in [1.29, 1.82) is 0 Å². The van der Waals surface area contributed by atoms with Gasteiger partial charge >= 0.3 is 0 Å². The molecule has 2 aromatic carbocycles. The quantitative estimate of drug-likeness (QED) is 0.491. The summed E-state index contributed by atoms with van der Waals surface area (Å²) in [4.78, 5) is 4.51. The number of rotatable bonds is 5. The summed E-state index contributed by atoms with van der Waals surface area (Å²) < 4.78 is 5.06. The second-order valence-electron chi connectivity index (χ2n) is 5.33. The highest BCUT2D eigenvalue weighted by Crippen LogP contribution is 2.34. The summed E-state index contributed by atoms with van der Waals surface area (Å²) in [7, 11) is 1.47. The molecule has 0 saturated carbocycles. The summed E-state index contributed by atoms with van der Waals surface area (Å²) in [5.74, 6) is 0.210. The number of phenols is 1. The Morgan fingerprint density at radius 2 is 2.04 bits per heavy atom. The van der Waals surface area contributed by atoms with Crippen molar-refractivity contribution in [1.82, 2.24) is 4.98 Å². The molecule has 3 rings (SSSR count). The third-order valence-corrected chi connectivity index (χ3v) is 4.53. The number of benzene rings is 2. The van der Waals surface area contributed by atoms with Crippen LogP contribution in [-0.4, -0.2) is 23.4 Å². The molecule has 2 N–H and O–H groups in total. The van der Waals surface area contributed by atoms with E-state index >= 15 is 0 Å². The van der Waals surface area contributed by atoms with Crippen molar-refractivity contribution in [2.45, 2.75) is 6.92 Å². The van der Waals surface area contributed by atoms with E-state index in [0.29, 0.717) is 16.4 Å². The van der Waals surface area contributed by atoms with E-state index in [9.17, 15) is 5.11 Å². The summed E-state index contributed by atoms with van der Waals surface area (Å²) in [6.45, 7) is 2.05. The van der Waals surface area contributed by atoms with E-state index in [1.54, 1.807) is 18.3 Å². The third kappa shape index (κ3) is 4.10. The van der Waals surface area contributed by atoms with Crippen LogP contribution in [0, 0.1) is 6.92 Å². The van der Waals surface area contributed by atoms with Crippen LogP contribution in [-0.2, 0) is 0 Å². The van der Waals surface area contributed by atoms with Crippen LogP contribution >= 0.6 is 22.9 Å². The highest BCUT2D eigenvalue weighted by Gasteiger charge is 2.08. The van der Waals surface area contributed by atoms with Crippen molar-refractivity contribution in [2.24, 2.45) is 5.10 Å². The minimum Gasteiger partial charge on any atom is -0.503 e. The number of anilines is 1. The molecule has 0 saturated heterocycles. The molecule has 1 heterocycles. The predicted octanol–water partition coefficient (Wildman–Crippen LogP) is 4.93. The molecule has 0 radical (unpaired) electrons. The van der Waals surface area contributed by atoms with Crippen LogP contribution in [0.3, 0.4) is 0 Å². The second-order valence-corrected chi connectivity index (χ2v) is 6.59. The number of halogens is 1. The number of nitrogens with one attached hydrogen (secondary N) is 1. The first-order valence-corrected chi connectivity index (χ1v) is 8.70. The second kappa shape index (κ2) is 7.55. The molecule has 5 nitrogen and oxygen atoms in total. The molecular formula is C18H16ClN3O2S. The van der Waals surface area contributed by atoms with Gasteiger partial charge in [0.1, 0.15) is 0 Å². The maximum atomic E-state index is 9.73. The predicted molar refractivity (Wildman–Crippen MR) is 103 cm³/mol. The molecular weight excluding hydrogens is 358 g/mol. The summed E-state index contributed by atoms with van der Waals surface area (Å²) in [6.07, 6.45) is 1.58. The summed E-state index contributed by atoms with van der Waals surface area (Å²) in [5, 5.41) is 16.7. The molecule has 25 heavy (non-hydrogen) atoms. The largest absolute Gasteiger partial charge is 0.503 e.